The van der Waals surface area contributed by atoms with E-state index in [1.165, 1.54) is 0 Å². The second-order valence-electron chi connectivity index (χ2n) is 7.44. The monoisotopic (exact) mass is 307 g/mol. The third-order valence-electron chi connectivity index (χ3n) is 5.57. The van der Waals surface area contributed by atoms with Crippen molar-refractivity contribution in [2.75, 3.05) is 13.1 Å². The van der Waals surface area contributed by atoms with E-state index in [-0.39, 0.29) is 0 Å². The minimum absolute atomic E-state index is 0.350. The molecule has 1 aromatic rings. The second-order valence-corrected chi connectivity index (χ2v) is 7.44. The molecule has 1 aromatic heterocycles. The molecule has 2 aliphatic rings. The lowest BCUT2D eigenvalue weighted by Crippen LogP contribution is -2.47. The summed E-state index contributed by atoms with van der Waals surface area (Å²) in [4.78, 5) is 2.39. The molecule has 0 aromatic carbocycles. The number of likely N-dealkylation sites (tertiary alicyclic amines) is 1. The molecular weight excluding hydrogens is 278 g/mol. The first-order chi connectivity index (χ1) is 10.6. The molecule has 0 radical (unpaired) electrons. The fourth-order valence-electron chi connectivity index (χ4n) is 4.06. The van der Waals surface area contributed by atoms with E-state index >= 15 is 0 Å². The van der Waals surface area contributed by atoms with Gasteiger partial charge in [-0.25, -0.2) is 0 Å². The van der Waals surface area contributed by atoms with Crippen LogP contribution in [0.2, 0.25) is 0 Å². The van der Waals surface area contributed by atoms with Crippen molar-refractivity contribution >= 4 is 0 Å². The summed E-state index contributed by atoms with van der Waals surface area (Å²) in [7, 11) is 0. The van der Waals surface area contributed by atoms with Crippen LogP contribution in [0, 0.1) is 5.92 Å². The summed E-state index contributed by atoms with van der Waals surface area (Å²) in [6.07, 6.45) is 8.11. The van der Waals surface area contributed by atoms with Crippen molar-refractivity contribution in [3.63, 3.8) is 0 Å². The summed E-state index contributed by atoms with van der Waals surface area (Å²) in [5, 5.41) is 21.2. The minimum Gasteiger partial charge on any atom is -0.467 e. The van der Waals surface area contributed by atoms with E-state index in [4.69, 9.17) is 4.42 Å². The van der Waals surface area contributed by atoms with Gasteiger partial charge in [0.15, 0.2) is 0 Å². The largest absolute Gasteiger partial charge is 0.467 e. The van der Waals surface area contributed by atoms with Crippen molar-refractivity contribution in [2.24, 2.45) is 5.92 Å². The Labute approximate surface area is 133 Å². The third kappa shape index (κ3) is 3.73. The van der Waals surface area contributed by atoms with Gasteiger partial charge in [-0.1, -0.05) is 6.92 Å². The van der Waals surface area contributed by atoms with E-state index < -0.39 is 11.7 Å². The van der Waals surface area contributed by atoms with Crippen LogP contribution in [0.25, 0.3) is 0 Å². The van der Waals surface area contributed by atoms with Crippen LogP contribution in [0.1, 0.15) is 63.7 Å². The highest BCUT2D eigenvalue weighted by Crippen LogP contribution is 2.35. The summed E-state index contributed by atoms with van der Waals surface area (Å²) >= 11 is 0. The Balaban J connectivity index is 1.56. The van der Waals surface area contributed by atoms with Crippen LogP contribution in [0.3, 0.4) is 0 Å². The Bertz CT molecular complexity index is 451. The molecule has 3 rings (SSSR count). The van der Waals surface area contributed by atoms with Gasteiger partial charge in [0.05, 0.1) is 11.9 Å². The first-order valence-electron chi connectivity index (χ1n) is 8.74. The van der Waals surface area contributed by atoms with Gasteiger partial charge in [-0.3, -0.25) is 4.90 Å². The summed E-state index contributed by atoms with van der Waals surface area (Å²) in [5.74, 6) is 1.40. The van der Waals surface area contributed by atoms with E-state index in [1.807, 2.05) is 12.1 Å². The lowest BCUT2D eigenvalue weighted by molar-refractivity contribution is -0.0414. The predicted molar refractivity (Wildman–Crippen MR) is 85.5 cm³/mol. The second kappa shape index (κ2) is 6.73. The van der Waals surface area contributed by atoms with E-state index in [0.717, 1.165) is 57.5 Å². The van der Waals surface area contributed by atoms with Gasteiger partial charge >= 0.3 is 0 Å². The SMILES string of the molecule is CC1CCC(O)(CN2CCCC2CC(O)c2ccco2)CC1. The minimum atomic E-state index is -0.540. The average molecular weight is 307 g/mol. The van der Waals surface area contributed by atoms with Crippen LogP contribution >= 0.6 is 0 Å². The van der Waals surface area contributed by atoms with Crippen LogP contribution in [-0.2, 0) is 0 Å². The van der Waals surface area contributed by atoms with Crippen molar-refractivity contribution in [3.05, 3.63) is 24.2 Å². The Kier molecular flexibility index (Phi) is 4.91. The van der Waals surface area contributed by atoms with Gasteiger partial charge < -0.3 is 14.6 Å². The Morgan fingerprint density at radius 1 is 1.36 bits per heavy atom. The van der Waals surface area contributed by atoms with Gasteiger partial charge in [0.2, 0.25) is 0 Å². The highest BCUT2D eigenvalue weighted by molar-refractivity contribution is 5.03. The molecule has 1 saturated heterocycles. The number of furan rings is 1. The molecule has 2 heterocycles. The van der Waals surface area contributed by atoms with Crippen LogP contribution in [0.4, 0.5) is 0 Å². The highest BCUT2D eigenvalue weighted by atomic mass is 16.4. The van der Waals surface area contributed by atoms with Crippen LogP contribution in [-0.4, -0.2) is 39.8 Å². The number of aliphatic hydroxyl groups is 2. The number of hydrogen-bond donors (Lipinski definition) is 2. The van der Waals surface area contributed by atoms with Crippen molar-refractivity contribution in [3.8, 4) is 0 Å². The van der Waals surface area contributed by atoms with E-state index in [9.17, 15) is 10.2 Å². The van der Waals surface area contributed by atoms with E-state index in [0.29, 0.717) is 18.2 Å². The molecule has 124 valence electrons. The highest BCUT2D eigenvalue weighted by Gasteiger charge is 2.37. The van der Waals surface area contributed by atoms with Crippen LogP contribution < -0.4 is 0 Å². The maximum Gasteiger partial charge on any atom is 0.132 e. The lowest BCUT2D eigenvalue weighted by atomic mass is 9.79. The normalized spacial score (nSPS) is 34.9. The zero-order valence-electron chi connectivity index (χ0n) is 13.6. The lowest BCUT2D eigenvalue weighted by Gasteiger charge is -2.39. The van der Waals surface area contributed by atoms with Crippen LogP contribution in [0.5, 0.6) is 0 Å². The standard InChI is InChI=1S/C18H29NO3/c1-14-6-8-18(21,9-7-14)13-19-10-2-4-15(19)12-16(20)17-5-3-11-22-17/h3,5,11,14-16,20-21H,2,4,6-10,12-13H2,1H3. The van der Waals surface area contributed by atoms with Gasteiger partial charge in [-0.05, 0) is 69.5 Å². The average Bonchev–Trinajstić information content (AvgIpc) is 3.15. The first-order valence-corrected chi connectivity index (χ1v) is 8.74. The zero-order chi connectivity index (χ0) is 15.6. The molecule has 4 nitrogen and oxygen atoms in total. The van der Waals surface area contributed by atoms with Crippen molar-refractivity contribution < 1.29 is 14.6 Å². The van der Waals surface area contributed by atoms with Crippen LogP contribution in [0.15, 0.2) is 22.8 Å². The number of hydrogen-bond acceptors (Lipinski definition) is 4. The van der Waals surface area contributed by atoms with Crippen molar-refractivity contribution in [1.29, 1.82) is 0 Å². The molecule has 2 N–H and O–H groups in total. The summed E-state index contributed by atoms with van der Waals surface area (Å²) in [5.41, 5.74) is -0.523. The number of rotatable bonds is 5. The Morgan fingerprint density at radius 3 is 2.82 bits per heavy atom. The molecule has 4 heteroatoms. The van der Waals surface area contributed by atoms with E-state index in [2.05, 4.69) is 11.8 Å². The molecule has 1 aliphatic carbocycles. The number of nitrogens with zero attached hydrogens (tertiary/aromatic N) is 1. The third-order valence-corrected chi connectivity index (χ3v) is 5.57. The van der Waals surface area contributed by atoms with Crippen molar-refractivity contribution in [2.45, 2.75) is 69.6 Å². The molecule has 1 saturated carbocycles. The smallest absolute Gasteiger partial charge is 0.132 e. The van der Waals surface area contributed by atoms with Crippen molar-refractivity contribution in [1.82, 2.24) is 4.90 Å². The maximum atomic E-state index is 10.9. The number of β-amino-alcohol motifs (C(OH)–C–C–N with tert-alkyl or cyclic N) is 1. The maximum absolute atomic E-state index is 10.9. The van der Waals surface area contributed by atoms with Gasteiger partial charge in [-0.2, -0.15) is 0 Å². The van der Waals surface area contributed by atoms with Gasteiger partial charge in [0, 0.05) is 12.6 Å². The molecule has 2 fully saturated rings. The molecule has 22 heavy (non-hydrogen) atoms. The molecule has 2 unspecified atom stereocenters. The molecule has 0 amide bonds. The predicted octanol–water partition coefficient (Wildman–Crippen LogP) is 3.11. The first kappa shape index (κ1) is 16.0. The molecular formula is C18H29NO3. The molecule has 2 atom stereocenters. The quantitative estimate of drug-likeness (QED) is 0.877. The topological polar surface area (TPSA) is 56.8 Å². The number of aliphatic hydroxyl groups excluding tert-OH is 1. The summed E-state index contributed by atoms with van der Waals surface area (Å²) in [6, 6.07) is 4.00. The Morgan fingerprint density at radius 2 is 2.14 bits per heavy atom. The fourth-order valence-corrected chi connectivity index (χ4v) is 4.06. The van der Waals surface area contributed by atoms with Gasteiger partial charge in [-0.15, -0.1) is 0 Å². The zero-order valence-corrected chi connectivity index (χ0v) is 13.6. The fraction of sp³-hybridized carbons (Fsp3) is 0.778. The molecule has 0 spiro atoms. The van der Waals surface area contributed by atoms with Gasteiger partial charge in [0.1, 0.15) is 11.9 Å². The summed E-state index contributed by atoms with van der Waals surface area (Å²) < 4.78 is 5.30. The summed E-state index contributed by atoms with van der Waals surface area (Å²) in [6.45, 7) is 4.07. The molecule has 0 bridgehead atoms. The Hall–Kier alpha value is -0.840. The molecule has 1 aliphatic heterocycles. The van der Waals surface area contributed by atoms with E-state index in [1.54, 1.807) is 6.26 Å². The van der Waals surface area contributed by atoms with Gasteiger partial charge in [0.25, 0.3) is 0 Å².